The Morgan fingerprint density at radius 2 is 1.66 bits per heavy atom. The van der Waals surface area contributed by atoms with E-state index in [1.165, 1.54) is 43.5 Å². The zero-order valence-electron chi connectivity index (χ0n) is 19.4. The Hall–Kier alpha value is -3.98. The van der Waals surface area contributed by atoms with Crippen molar-refractivity contribution in [2.24, 2.45) is 0 Å². The fourth-order valence-electron chi connectivity index (χ4n) is 3.90. The fourth-order valence-corrected chi connectivity index (χ4v) is 5.53. The first-order valence-electron chi connectivity index (χ1n) is 10.9. The van der Waals surface area contributed by atoms with E-state index in [0.29, 0.717) is 11.6 Å². The second-order valence-electron chi connectivity index (χ2n) is 8.39. The van der Waals surface area contributed by atoms with Crippen molar-refractivity contribution in [3.8, 4) is 0 Å². The molecule has 4 rings (SSSR count). The number of nitrogens with one attached hydrogen (secondary N) is 1. The largest absolute Gasteiger partial charge is 0.465 e. The highest BCUT2D eigenvalue weighted by Crippen LogP contribution is 2.37. The molecular weight excluding hydrogens is 468 g/mol. The highest BCUT2D eigenvalue weighted by molar-refractivity contribution is 7.91. The number of ether oxygens (including phenoxy) is 1. The van der Waals surface area contributed by atoms with Crippen molar-refractivity contribution in [3.05, 3.63) is 83.4 Å². The summed E-state index contributed by atoms with van der Waals surface area (Å²) in [6.07, 6.45) is 0. The number of fused-ring (bicyclic) bond motifs is 2. The van der Waals surface area contributed by atoms with Gasteiger partial charge in [0.15, 0.2) is 0 Å². The van der Waals surface area contributed by atoms with Gasteiger partial charge in [0.1, 0.15) is 6.54 Å². The average Bonchev–Trinajstić information content (AvgIpc) is 2.92. The molecule has 0 saturated carbocycles. The number of amides is 2. The SMILES string of the molecule is COC(=O)c1ccc2c(c1)N(CC(=O)Nc1ccc(C(C)C)cc1)C(=O)c1ccccc1S2(=O)=O. The molecule has 0 aromatic heterocycles. The van der Waals surface area contributed by atoms with Crippen molar-refractivity contribution in [2.75, 3.05) is 23.9 Å². The van der Waals surface area contributed by atoms with Gasteiger partial charge >= 0.3 is 5.97 Å². The molecule has 0 saturated heterocycles. The molecule has 0 aliphatic carbocycles. The lowest BCUT2D eigenvalue weighted by Crippen LogP contribution is -2.38. The van der Waals surface area contributed by atoms with Gasteiger partial charge in [-0.25, -0.2) is 13.2 Å². The summed E-state index contributed by atoms with van der Waals surface area (Å²) in [6.45, 7) is 3.65. The molecule has 0 atom stereocenters. The minimum atomic E-state index is -4.11. The Labute approximate surface area is 203 Å². The maximum atomic E-state index is 13.5. The molecule has 3 aromatic rings. The number of rotatable bonds is 5. The number of carbonyl (C=O) groups excluding carboxylic acids is 3. The normalized spacial score (nSPS) is 14.1. The lowest BCUT2D eigenvalue weighted by Gasteiger charge is -2.23. The Kier molecular flexibility index (Phi) is 6.45. The first kappa shape index (κ1) is 24.2. The van der Waals surface area contributed by atoms with Crippen molar-refractivity contribution >= 4 is 39.0 Å². The summed E-state index contributed by atoms with van der Waals surface area (Å²) in [5.41, 5.74) is 1.57. The first-order valence-corrected chi connectivity index (χ1v) is 12.4. The van der Waals surface area contributed by atoms with Crippen LogP contribution < -0.4 is 10.2 Å². The molecule has 8 nitrogen and oxygen atoms in total. The molecule has 9 heteroatoms. The number of hydrogen-bond acceptors (Lipinski definition) is 6. The molecule has 0 radical (unpaired) electrons. The fraction of sp³-hybridized carbons (Fsp3) is 0.192. The second kappa shape index (κ2) is 9.34. The van der Waals surface area contributed by atoms with E-state index >= 15 is 0 Å². The maximum absolute atomic E-state index is 13.5. The summed E-state index contributed by atoms with van der Waals surface area (Å²) >= 11 is 0. The molecule has 1 heterocycles. The molecular formula is C26H24N2O6S. The number of carbonyl (C=O) groups is 3. The Morgan fingerprint density at radius 1 is 0.971 bits per heavy atom. The van der Waals surface area contributed by atoms with Gasteiger partial charge in [0, 0.05) is 5.69 Å². The molecule has 2 amide bonds. The molecule has 0 bridgehead atoms. The topological polar surface area (TPSA) is 110 Å². The predicted molar refractivity (Wildman–Crippen MR) is 131 cm³/mol. The lowest BCUT2D eigenvalue weighted by atomic mass is 10.0. The van der Waals surface area contributed by atoms with Gasteiger partial charge < -0.3 is 10.1 Å². The maximum Gasteiger partial charge on any atom is 0.337 e. The zero-order valence-corrected chi connectivity index (χ0v) is 20.3. The number of methoxy groups -OCH3 is 1. The van der Waals surface area contributed by atoms with E-state index in [1.807, 2.05) is 12.1 Å². The molecule has 0 spiro atoms. The third-order valence-corrected chi connectivity index (χ3v) is 7.63. The van der Waals surface area contributed by atoms with Crippen LogP contribution in [0.15, 0.2) is 76.5 Å². The van der Waals surface area contributed by atoms with Crippen LogP contribution in [-0.2, 0) is 19.4 Å². The van der Waals surface area contributed by atoms with Crippen molar-refractivity contribution in [1.29, 1.82) is 0 Å². The van der Waals surface area contributed by atoms with Crippen LogP contribution in [0.25, 0.3) is 0 Å². The average molecular weight is 493 g/mol. The van der Waals surface area contributed by atoms with E-state index in [9.17, 15) is 22.8 Å². The summed E-state index contributed by atoms with van der Waals surface area (Å²) < 4.78 is 31.6. The highest BCUT2D eigenvalue weighted by atomic mass is 32.2. The molecule has 0 fully saturated rings. The summed E-state index contributed by atoms with van der Waals surface area (Å²) in [5, 5.41) is 2.75. The van der Waals surface area contributed by atoms with Gasteiger partial charge in [-0.2, -0.15) is 0 Å². The first-order chi connectivity index (χ1) is 16.6. The minimum absolute atomic E-state index is 0.0508. The molecule has 35 heavy (non-hydrogen) atoms. The third-order valence-electron chi connectivity index (χ3n) is 5.78. The van der Waals surface area contributed by atoms with Gasteiger partial charge in [0.05, 0.1) is 33.7 Å². The van der Waals surface area contributed by atoms with Crippen LogP contribution in [0.1, 0.15) is 46.0 Å². The Balaban J connectivity index is 1.77. The lowest BCUT2D eigenvalue weighted by molar-refractivity contribution is -0.114. The quantitative estimate of drug-likeness (QED) is 0.539. The standard InChI is InChI=1S/C26H24N2O6S/c1-16(2)17-8-11-19(12-9-17)27-24(29)15-28-21-14-18(26(31)34-3)10-13-23(21)35(32,33)22-7-5-4-6-20(22)25(28)30/h4-14,16H,15H2,1-3H3,(H,27,29). The molecule has 180 valence electrons. The van der Waals surface area contributed by atoms with Gasteiger partial charge in [-0.1, -0.05) is 38.1 Å². The smallest absolute Gasteiger partial charge is 0.337 e. The van der Waals surface area contributed by atoms with Crippen LogP contribution >= 0.6 is 0 Å². The summed E-state index contributed by atoms with van der Waals surface area (Å²) in [6, 6.07) is 17.0. The molecule has 1 aliphatic heterocycles. The predicted octanol–water partition coefficient (Wildman–Crippen LogP) is 4.03. The van der Waals surface area contributed by atoms with Crippen molar-refractivity contribution < 1.29 is 27.5 Å². The number of sulfone groups is 1. The monoisotopic (exact) mass is 492 g/mol. The van der Waals surface area contributed by atoms with Crippen LogP contribution in [0, 0.1) is 0 Å². The van der Waals surface area contributed by atoms with E-state index in [2.05, 4.69) is 19.2 Å². The van der Waals surface area contributed by atoms with Gasteiger partial charge in [0.2, 0.25) is 15.7 Å². The Morgan fingerprint density at radius 3 is 2.31 bits per heavy atom. The van der Waals surface area contributed by atoms with Crippen molar-refractivity contribution in [2.45, 2.75) is 29.6 Å². The van der Waals surface area contributed by atoms with Gasteiger partial charge in [-0.3, -0.25) is 14.5 Å². The van der Waals surface area contributed by atoms with E-state index in [1.54, 1.807) is 18.2 Å². The van der Waals surface area contributed by atoms with Crippen LogP contribution in [0.4, 0.5) is 11.4 Å². The van der Waals surface area contributed by atoms with E-state index < -0.39 is 34.2 Å². The van der Waals surface area contributed by atoms with Crippen molar-refractivity contribution in [3.63, 3.8) is 0 Å². The third kappa shape index (κ3) is 4.54. The number of nitrogens with zero attached hydrogens (tertiary/aromatic N) is 1. The van der Waals surface area contributed by atoms with E-state index in [-0.39, 0.29) is 26.6 Å². The van der Waals surface area contributed by atoms with Crippen LogP contribution in [0.3, 0.4) is 0 Å². The number of hydrogen-bond donors (Lipinski definition) is 1. The zero-order chi connectivity index (χ0) is 25.3. The van der Waals surface area contributed by atoms with Crippen LogP contribution in [-0.4, -0.2) is 39.9 Å². The Bertz CT molecular complexity index is 1430. The minimum Gasteiger partial charge on any atom is -0.465 e. The highest BCUT2D eigenvalue weighted by Gasteiger charge is 2.36. The van der Waals surface area contributed by atoms with E-state index in [0.717, 1.165) is 10.5 Å². The second-order valence-corrected chi connectivity index (χ2v) is 10.3. The molecule has 1 N–H and O–H groups in total. The van der Waals surface area contributed by atoms with Gasteiger partial charge in [-0.05, 0) is 53.9 Å². The van der Waals surface area contributed by atoms with Gasteiger partial charge in [-0.15, -0.1) is 0 Å². The summed E-state index contributed by atoms with van der Waals surface area (Å²) in [5.74, 6) is -1.57. The number of esters is 1. The van der Waals surface area contributed by atoms with Crippen molar-refractivity contribution in [1.82, 2.24) is 0 Å². The number of benzene rings is 3. The molecule has 3 aromatic carbocycles. The molecule has 0 unspecified atom stereocenters. The van der Waals surface area contributed by atoms with Crippen LogP contribution in [0.5, 0.6) is 0 Å². The number of anilines is 2. The molecule has 1 aliphatic rings. The van der Waals surface area contributed by atoms with Crippen LogP contribution in [0.2, 0.25) is 0 Å². The van der Waals surface area contributed by atoms with E-state index in [4.69, 9.17) is 4.74 Å². The van der Waals surface area contributed by atoms with Gasteiger partial charge in [0.25, 0.3) is 5.91 Å². The summed E-state index contributed by atoms with van der Waals surface area (Å²) in [4.78, 5) is 39.3. The summed E-state index contributed by atoms with van der Waals surface area (Å²) in [7, 11) is -2.91.